The number of hydrogen-bond acceptors (Lipinski definition) is 4. The summed E-state index contributed by atoms with van der Waals surface area (Å²) in [5.74, 6) is -0.135. The van der Waals surface area contributed by atoms with Crippen LogP contribution in [-0.4, -0.2) is 15.8 Å². The molecule has 0 bridgehead atoms. The van der Waals surface area contributed by atoms with Crippen molar-refractivity contribution in [2.24, 2.45) is 5.11 Å². The van der Waals surface area contributed by atoms with Gasteiger partial charge in [-0.3, -0.25) is 4.79 Å². The van der Waals surface area contributed by atoms with Crippen molar-refractivity contribution in [3.63, 3.8) is 0 Å². The summed E-state index contributed by atoms with van der Waals surface area (Å²) in [7, 11) is 0. The summed E-state index contributed by atoms with van der Waals surface area (Å²) < 4.78 is 0. The lowest BCUT2D eigenvalue weighted by Gasteiger charge is -1.99. The molecule has 6 nitrogen and oxygen atoms in total. The Labute approximate surface area is 74.3 Å². The molecule has 0 aliphatic heterocycles. The minimum atomic E-state index is -0.135. The zero-order valence-electron chi connectivity index (χ0n) is 7.01. The van der Waals surface area contributed by atoms with Crippen LogP contribution in [0.25, 0.3) is 10.4 Å². The molecule has 66 valence electrons. The standard InChI is InChI=1S/C7H7N5O/c1-5(13)6-2-9-4-10-7(6)3-11-12-8/h2,4H,3H2,1H3. The maximum Gasteiger partial charge on any atom is 0.163 e. The molecule has 0 saturated carbocycles. The second-order valence-corrected chi connectivity index (χ2v) is 2.33. The number of azide groups is 1. The summed E-state index contributed by atoms with van der Waals surface area (Å²) in [5, 5.41) is 3.32. The number of carbonyl (C=O) groups excluding carboxylic acids is 1. The van der Waals surface area contributed by atoms with Crippen molar-refractivity contribution in [1.29, 1.82) is 0 Å². The average Bonchev–Trinajstić information content (AvgIpc) is 2.15. The minimum absolute atomic E-state index is 0.0773. The van der Waals surface area contributed by atoms with Gasteiger partial charge in [0.2, 0.25) is 0 Å². The van der Waals surface area contributed by atoms with Gasteiger partial charge in [0, 0.05) is 11.1 Å². The molecule has 1 heterocycles. The van der Waals surface area contributed by atoms with Gasteiger partial charge in [-0.2, -0.15) is 0 Å². The first-order valence-electron chi connectivity index (χ1n) is 3.56. The summed E-state index contributed by atoms with van der Waals surface area (Å²) >= 11 is 0. The molecule has 1 aromatic rings. The van der Waals surface area contributed by atoms with Crippen LogP contribution in [0.1, 0.15) is 23.0 Å². The number of carbonyl (C=O) groups is 1. The molecule has 0 aliphatic rings. The maximum absolute atomic E-state index is 11.0. The highest BCUT2D eigenvalue weighted by atomic mass is 16.1. The van der Waals surface area contributed by atoms with E-state index in [0.717, 1.165) is 0 Å². The summed E-state index contributed by atoms with van der Waals surface area (Å²) in [5.41, 5.74) is 8.94. The van der Waals surface area contributed by atoms with E-state index in [0.29, 0.717) is 11.3 Å². The Morgan fingerprint density at radius 1 is 1.77 bits per heavy atom. The van der Waals surface area contributed by atoms with E-state index in [4.69, 9.17) is 5.53 Å². The topological polar surface area (TPSA) is 91.6 Å². The SMILES string of the molecule is CC(=O)c1cncnc1CN=[N+]=[N-]. The zero-order chi connectivity index (χ0) is 9.68. The molecular formula is C7H7N5O. The molecule has 0 atom stereocenters. The van der Waals surface area contributed by atoms with Crippen LogP contribution in [0.2, 0.25) is 0 Å². The van der Waals surface area contributed by atoms with Crippen molar-refractivity contribution in [2.45, 2.75) is 13.5 Å². The quantitative estimate of drug-likeness (QED) is 0.303. The number of aromatic nitrogens is 2. The molecule has 0 spiro atoms. The summed E-state index contributed by atoms with van der Waals surface area (Å²) in [4.78, 5) is 21.1. The van der Waals surface area contributed by atoms with Gasteiger partial charge in [-0.15, -0.1) is 0 Å². The van der Waals surface area contributed by atoms with E-state index in [1.165, 1.54) is 19.4 Å². The first kappa shape index (κ1) is 9.15. The van der Waals surface area contributed by atoms with E-state index in [1.54, 1.807) is 0 Å². The summed E-state index contributed by atoms with van der Waals surface area (Å²) in [6.07, 6.45) is 2.73. The van der Waals surface area contributed by atoms with Gasteiger partial charge in [0.25, 0.3) is 0 Å². The van der Waals surface area contributed by atoms with Gasteiger partial charge in [-0.25, -0.2) is 9.97 Å². The van der Waals surface area contributed by atoms with E-state index in [2.05, 4.69) is 20.0 Å². The van der Waals surface area contributed by atoms with Crippen LogP contribution in [0.5, 0.6) is 0 Å². The van der Waals surface area contributed by atoms with Crippen LogP contribution in [0, 0.1) is 0 Å². The minimum Gasteiger partial charge on any atom is -0.294 e. The first-order chi connectivity index (χ1) is 6.25. The Morgan fingerprint density at radius 3 is 3.15 bits per heavy atom. The number of ketones is 1. The fraction of sp³-hybridized carbons (Fsp3) is 0.286. The van der Waals surface area contributed by atoms with E-state index in [1.807, 2.05) is 0 Å². The molecule has 0 radical (unpaired) electrons. The third-order valence-corrected chi connectivity index (χ3v) is 1.46. The van der Waals surface area contributed by atoms with Crippen molar-refractivity contribution in [3.05, 3.63) is 34.2 Å². The van der Waals surface area contributed by atoms with Crippen molar-refractivity contribution >= 4 is 5.78 Å². The highest BCUT2D eigenvalue weighted by Crippen LogP contribution is 2.05. The Bertz CT molecular complexity index is 369. The molecule has 1 aromatic heterocycles. The molecule has 6 heteroatoms. The number of nitrogens with zero attached hydrogens (tertiary/aromatic N) is 5. The largest absolute Gasteiger partial charge is 0.294 e. The van der Waals surface area contributed by atoms with Crippen molar-refractivity contribution in [2.75, 3.05) is 0 Å². The molecule has 0 aromatic carbocycles. The summed E-state index contributed by atoms with van der Waals surface area (Å²) in [6.45, 7) is 1.49. The van der Waals surface area contributed by atoms with Gasteiger partial charge in [0.05, 0.1) is 17.8 Å². The Kier molecular flexibility index (Phi) is 2.94. The van der Waals surface area contributed by atoms with E-state index >= 15 is 0 Å². The third-order valence-electron chi connectivity index (χ3n) is 1.46. The van der Waals surface area contributed by atoms with Gasteiger partial charge in [0.1, 0.15) is 6.33 Å². The second kappa shape index (κ2) is 4.18. The van der Waals surface area contributed by atoms with Crippen LogP contribution in [0.15, 0.2) is 17.6 Å². The average molecular weight is 177 g/mol. The normalized spacial score (nSPS) is 9.00. The lowest BCUT2D eigenvalue weighted by Crippen LogP contribution is -2.02. The molecule has 0 saturated heterocycles. The number of hydrogen-bond donors (Lipinski definition) is 0. The molecule has 0 N–H and O–H groups in total. The van der Waals surface area contributed by atoms with E-state index in [-0.39, 0.29) is 12.3 Å². The zero-order valence-corrected chi connectivity index (χ0v) is 7.01. The Balaban J connectivity index is 3.04. The molecule has 0 fully saturated rings. The predicted octanol–water partition coefficient (Wildman–Crippen LogP) is 1.49. The molecule has 0 aliphatic carbocycles. The second-order valence-electron chi connectivity index (χ2n) is 2.33. The predicted molar refractivity (Wildman–Crippen MR) is 44.9 cm³/mol. The van der Waals surface area contributed by atoms with E-state index < -0.39 is 0 Å². The van der Waals surface area contributed by atoms with Gasteiger partial charge >= 0.3 is 0 Å². The fourth-order valence-electron chi connectivity index (χ4n) is 0.874. The highest BCUT2D eigenvalue weighted by molar-refractivity contribution is 5.94. The van der Waals surface area contributed by atoms with Crippen LogP contribution in [-0.2, 0) is 6.54 Å². The van der Waals surface area contributed by atoms with Crippen molar-refractivity contribution < 1.29 is 4.79 Å². The van der Waals surface area contributed by atoms with Crippen LogP contribution < -0.4 is 0 Å². The first-order valence-corrected chi connectivity index (χ1v) is 3.56. The van der Waals surface area contributed by atoms with Crippen LogP contribution >= 0.6 is 0 Å². The highest BCUT2D eigenvalue weighted by Gasteiger charge is 2.06. The molecule has 1 rings (SSSR count). The third kappa shape index (κ3) is 2.25. The lowest BCUT2D eigenvalue weighted by molar-refractivity contribution is 0.101. The molecule has 0 unspecified atom stereocenters. The van der Waals surface area contributed by atoms with Crippen molar-refractivity contribution in [1.82, 2.24) is 9.97 Å². The molecule has 13 heavy (non-hydrogen) atoms. The lowest BCUT2D eigenvalue weighted by atomic mass is 10.2. The fourth-order valence-corrected chi connectivity index (χ4v) is 0.874. The Morgan fingerprint density at radius 2 is 2.54 bits per heavy atom. The van der Waals surface area contributed by atoms with E-state index in [9.17, 15) is 4.79 Å². The number of Topliss-reactive ketones (excluding diaryl/α,β-unsaturated/α-hetero) is 1. The van der Waals surface area contributed by atoms with Gasteiger partial charge in [0.15, 0.2) is 5.78 Å². The molecular weight excluding hydrogens is 170 g/mol. The van der Waals surface area contributed by atoms with Crippen LogP contribution in [0.3, 0.4) is 0 Å². The summed E-state index contributed by atoms with van der Waals surface area (Å²) in [6, 6.07) is 0. The van der Waals surface area contributed by atoms with Gasteiger partial charge in [-0.1, -0.05) is 5.11 Å². The smallest absolute Gasteiger partial charge is 0.163 e. The number of rotatable bonds is 3. The Hall–Kier alpha value is -1.94. The molecule has 0 amide bonds. The monoisotopic (exact) mass is 177 g/mol. The van der Waals surface area contributed by atoms with Crippen LogP contribution in [0.4, 0.5) is 0 Å². The van der Waals surface area contributed by atoms with Gasteiger partial charge in [-0.05, 0) is 12.5 Å². The van der Waals surface area contributed by atoms with Gasteiger partial charge < -0.3 is 0 Å². The van der Waals surface area contributed by atoms with Crippen molar-refractivity contribution in [3.8, 4) is 0 Å². The maximum atomic E-state index is 11.0.